The van der Waals surface area contributed by atoms with Gasteiger partial charge in [-0.3, -0.25) is 14.5 Å². The predicted octanol–water partition coefficient (Wildman–Crippen LogP) is 4.40. The number of carbonyl (C=O) groups is 4. The first-order valence-electron chi connectivity index (χ1n) is 12.1. The van der Waals surface area contributed by atoms with E-state index in [0.717, 1.165) is 40.6 Å². The fourth-order valence-electron chi connectivity index (χ4n) is 4.15. The molecule has 39 heavy (non-hydrogen) atoms. The van der Waals surface area contributed by atoms with Gasteiger partial charge in [-0.15, -0.1) is 23.1 Å². The van der Waals surface area contributed by atoms with Gasteiger partial charge in [0.1, 0.15) is 5.00 Å². The third-order valence-corrected chi connectivity index (χ3v) is 8.00. The van der Waals surface area contributed by atoms with Crippen molar-refractivity contribution in [2.45, 2.75) is 24.4 Å². The van der Waals surface area contributed by atoms with Gasteiger partial charge in [0.05, 0.1) is 18.4 Å². The van der Waals surface area contributed by atoms with Gasteiger partial charge in [0.15, 0.2) is 0 Å². The lowest BCUT2D eigenvalue weighted by Crippen LogP contribution is -2.29. The molecular formula is C28H27N3O6S2. The minimum atomic E-state index is -1.22. The zero-order chi connectivity index (χ0) is 27.8. The van der Waals surface area contributed by atoms with Crippen LogP contribution in [0, 0.1) is 0 Å². The summed E-state index contributed by atoms with van der Waals surface area (Å²) in [5.74, 6) is -2.45. The van der Waals surface area contributed by atoms with Gasteiger partial charge in [-0.1, -0.05) is 36.4 Å². The van der Waals surface area contributed by atoms with Crippen molar-refractivity contribution >= 4 is 57.5 Å². The van der Waals surface area contributed by atoms with Crippen molar-refractivity contribution in [1.29, 1.82) is 0 Å². The highest BCUT2D eigenvalue weighted by Crippen LogP contribution is 2.38. The minimum Gasteiger partial charge on any atom is -0.478 e. The van der Waals surface area contributed by atoms with Crippen LogP contribution in [0.2, 0.25) is 0 Å². The first-order valence-corrected chi connectivity index (χ1v) is 13.9. The van der Waals surface area contributed by atoms with Crippen LogP contribution in [0.15, 0.2) is 71.6 Å². The number of hydrogen-bond donors (Lipinski definition) is 3. The molecule has 0 bridgehead atoms. The van der Waals surface area contributed by atoms with Crippen LogP contribution >= 0.6 is 23.1 Å². The molecule has 0 radical (unpaired) electrons. The molecule has 11 heteroatoms. The normalized spacial score (nSPS) is 13.1. The first kappa shape index (κ1) is 28.1. The Morgan fingerprint density at radius 1 is 1.08 bits per heavy atom. The van der Waals surface area contributed by atoms with Crippen molar-refractivity contribution in [2.75, 3.05) is 30.0 Å². The second-order valence-electron chi connectivity index (χ2n) is 8.67. The number of amides is 2. The number of benzene rings is 2. The van der Waals surface area contributed by atoms with Gasteiger partial charge in [0.2, 0.25) is 11.8 Å². The summed E-state index contributed by atoms with van der Waals surface area (Å²) in [7, 11) is 1.33. The molecule has 1 aliphatic rings. The summed E-state index contributed by atoms with van der Waals surface area (Å²) in [5.41, 5.74) is 3.05. The van der Waals surface area contributed by atoms with Crippen LogP contribution in [0.3, 0.4) is 0 Å². The van der Waals surface area contributed by atoms with Gasteiger partial charge in [0.25, 0.3) is 0 Å². The van der Waals surface area contributed by atoms with Crippen molar-refractivity contribution in [2.24, 2.45) is 0 Å². The number of ether oxygens (including phenoxy) is 1. The average Bonchev–Trinajstić information content (AvgIpc) is 3.28. The number of carboxylic acid groups (broad SMARTS) is 1. The number of thioether (sulfide) groups is 1. The SMILES string of the molecule is COC(=O)c1c(NC(=O)CSc2cccc(NC(=O)/C=C/C(=O)O)c2)sc2c1CCN(Cc1ccccc1)C2. The van der Waals surface area contributed by atoms with Crippen LogP contribution in [-0.4, -0.2) is 53.2 Å². The molecule has 2 aromatic carbocycles. The molecule has 0 atom stereocenters. The minimum absolute atomic E-state index is 0.0830. The van der Waals surface area contributed by atoms with Crippen molar-refractivity contribution in [3.05, 3.63) is 88.3 Å². The average molecular weight is 566 g/mol. The van der Waals surface area contributed by atoms with Crippen LogP contribution in [0.5, 0.6) is 0 Å². The van der Waals surface area contributed by atoms with Crippen molar-refractivity contribution in [3.8, 4) is 0 Å². The zero-order valence-electron chi connectivity index (χ0n) is 21.1. The number of fused-ring (bicyclic) bond motifs is 1. The van der Waals surface area contributed by atoms with E-state index >= 15 is 0 Å². The molecule has 2 heterocycles. The molecule has 0 saturated carbocycles. The van der Waals surface area contributed by atoms with Gasteiger partial charge < -0.3 is 20.5 Å². The van der Waals surface area contributed by atoms with Crippen molar-refractivity contribution in [3.63, 3.8) is 0 Å². The van der Waals surface area contributed by atoms with Gasteiger partial charge in [-0.25, -0.2) is 9.59 Å². The van der Waals surface area contributed by atoms with E-state index in [1.54, 1.807) is 24.3 Å². The predicted molar refractivity (Wildman–Crippen MR) is 151 cm³/mol. The summed E-state index contributed by atoms with van der Waals surface area (Å²) in [6.45, 7) is 2.29. The van der Waals surface area contributed by atoms with E-state index in [1.807, 2.05) is 18.2 Å². The smallest absolute Gasteiger partial charge is 0.341 e. The van der Waals surface area contributed by atoms with E-state index in [0.29, 0.717) is 29.2 Å². The molecule has 0 saturated heterocycles. The molecule has 0 unspecified atom stereocenters. The first-order chi connectivity index (χ1) is 18.8. The molecule has 0 spiro atoms. The number of aliphatic carboxylic acids is 1. The number of carbonyl (C=O) groups excluding carboxylic acids is 3. The van der Waals surface area contributed by atoms with Crippen LogP contribution in [0.1, 0.15) is 26.4 Å². The fraction of sp³-hybridized carbons (Fsp3) is 0.214. The quantitative estimate of drug-likeness (QED) is 0.188. The molecule has 1 aromatic heterocycles. The van der Waals surface area contributed by atoms with Crippen LogP contribution < -0.4 is 10.6 Å². The van der Waals surface area contributed by atoms with E-state index in [2.05, 4.69) is 27.7 Å². The van der Waals surface area contributed by atoms with Gasteiger partial charge in [-0.2, -0.15) is 0 Å². The van der Waals surface area contributed by atoms with Gasteiger partial charge in [-0.05, 0) is 35.7 Å². The summed E-state index contributed by atoms with van der Waals surface area (Å²) in [5, 5.41) is 14.6. The lowest BCUT2D eigenvalue weighted by molar-refractivity contribution is -0.131. The van der Waals surface area contributed by atoms with Gasteiger partial charge >= 0.3 is 11.9 Å². The maximum absolute atomic E-state index is 12.9. The Balaban J connectivity index is 1.40. The van der Waals surface area contributed by atoms with Crippen LogP contribution in [-0.2, 0) is 38.6 Å². The molecule has 1 aliphatic heterocycles. The Hall–Kier alpha value is -3.93. The number of thiophene rings is 1. The van der Waals surface area contributed by atoms with E-state index in [1.165, 1.54) is 35.8 Å². The number of nitrogens with zero attached hydrogens (tertiary/aromatic N) is 1. The molecule has 4 rings (SSSR count). The van der Waals surface area contributed by atoms with E-state index in [-0.39, 0.29) is 11.7 Å². The van der Waals surface area contributed by atoms with Crippen molar-refractivity contribution in [1.82, 2.24) is 4.90 Å². The monoisotopic (exact) mass is 565 g/mol. The van der Waals surface area contributed by atoms with E-state index < -0.39 is 17.8 Å². The van der Waals surface area contributed by atoms with Crippen molar-refractivity contribution < 1.29 is 29.0 Å². The molecule has 2 amide bonds. The molecular weight excluding hydrogens is 538 g/mol. The lowest BCUT2D eigenvalue weighted by atomic mass is 10.0. The molecule has 0 aliphatic carbocycles. The Morgan fingerprint density at radius 2 is 1.87 bits per heavy atom. The second kappa shape index (κ2) is 13.2. The Kier molecular flexibility index (Phi) is 9.53. The molecule has 3 N–H and O–H groups in total. The number of rotatable bonds is 10. The number of hydrogen-bond acceptors (Lipinski definition) is 8. The summed E-state index contributed by atoms with van der Waals surface area (Å²) in [6, 6.07) is 17.1. The summed E-state index contributed by atoms with van der Waals surface area (Å²) in [6.07, 6.45) is 2.37. The topological polar surface area (TPSA) is 125 Å². The van der Waals surface area contributed by atoms with E-state index in [9.17, 15) is 19.2 Å². The van der Waals surface area contributed by atoms with E-state index in [4.69, 9.17) is 9.84 Å². The highest BCUT2D eigenvalue weighted by Gasteiger charge is 2.29. The molecule has 9 nitrogen and oxygen atoms in total. The number of esters is 1. The largest absolute Gasteiger partial charge is 0.478 e. The highest BCUT2D eigenvalue weighted by molar-refractivity contribution is 8.00. The maximum atomic E-state index is 12.9. The standard InChI is InChI=1S/C28H27N3O6S2/c1-37-28(36)26-21-12-13-31(15-18-6-3-2-4-7-18)16-22(21)39-27(26)30-24(33)17-38-20-9-5-8-19(14-20)29-23(32)10-11-25(34)35/h2-11,14H,12-13,15-17H2,1H3,(H,29,32)(H,30,33)(H,34,35)/b11-10+. The Morgan fingerprint density at radius 3 is 2.62 bits per heavy atom. The van der Waals surface area contributed by atoms with Gasteiger partial charge in [0, 0.05) is 47.2 Å². The number of methoxy groups -OCH3 is 1. The number of anilines is 2. The van der Waals surface area contributed by atoms with Crippen LogP contribution in [0.4, 0.5) is 10.7 Å². The second-order valence-corrected chi connectivity index (χ2v) is 10.8. The molecule has 3 aromatic rings. The molecule has 202 valence electrons. The number of carboxylic acids is 1. The summed E-state index contributed by atoms with van der Waals surface area (Å²) >= 11 is 2.67. The summed E-state index contributed by atoms with van der Waals surface area (Å²) in [4.78, 5) is 52.0. The fourth-order valence-corrected chi connectivity index (χ4v) is 6.19. The third kappa shape index (κ3) is 7.79. The Labute approximate surface area is 233 Å². The summed E-state index contributed by atoms with van der Waals surface area (Å²) < 4.78 is 5.04. The highest BCUT2D eigenvalue weighted by atomic mass is 32.2. The maximum Gasteiger partial charge on any atom is 0.341 e. The lowest BCUT2D eigenvalue weighted by Gasteiger charge is -2.27. The molecule has 0 fully saturated rings. The third-order valence-electron chi connectivity index (χ3n) is 5.88. The Bertz CT molecular complexity index is 1400. The van der Waals surface area contributed by atoms with Crippen LogP contribution in [0.25, 0.3) is 0 Å². The zero-order valence-corrected chi connectivity index (χ0v) is 22.8. The number of nitrogens with one attached hydrogen (secondary N) is 2.